The minimum Gasteiger partial charge on any atom is -0.395 e. The van der Waals surface area contributed by atoms with E-state index in [2.05, 4.69) is 30.9 Å². The van der Waals surface area contributed by atoms with Crippen LogP contribution in [0.1, 0.15) is 64.0 Å². The van der Waals surface area contributed by atoms with Crippen molar-refractivity contribution in [2.75, 3.05) is 36.9 Å². The number of aliphatic hydroxyl groups excluding tert-OH is 1. The van der Waals surface area contributed by atoms with Crippen LogP contribution < -0.4 is 16.0 Å². The average molecular weight is 649 g/mol. The Morgan fingerprint density at radius 2 is 1.53 bits per heavy atom. The Kier molecular flexibility index (Phi) is 9.77. The second kappa shape index (κ2) is 14.1. The molecule has 1 saturated heterocycles. The molecule has 0 saturated carbocycles. The first-order valence-electron chi connectivity index (χ1n) is 15.2. The number of aromatic nitrogens is 3. The number of aryl methyl sites for hydroxylation is 1. The Hall–Kier alpha value is -3.80. The molecule has 4 aromatic rings. The van der Waals surface area contributed by atoms with Crippen LogP contribution in [0.5, 0.6) is 0 Å². The van der Waals surface area contributed by atoms with Gasteiger partial charge < -0.3 is 21.1 Å². The highest BCUT2D eigenvalue weighted by Gasteiger charge is 2.30. The lowest BCUT2D eigenvalue weighted by Gasteiger charge is -2.31. The molecule has 0 radical (unpaired) electrons. The van der Waals surface area contributed by atoms with Crippen molar-refractivity contribution in [3.05, 3.63) is 93.5 Å². The molecule has 2 aliphatic rings. The number of hydrogen-bond acceptors (Lipinski definition) is 7. The van der Waals surface area contributed by atoms with Crippen LogP contribution in [0.4, 0.5) is 11.4 Å². The fraction of sp³-hybridized carbons (Fsp3) is 0.333. The summed E-state index contributed by atoms with van der Waals surface area (Å²) < 4.78 is 1.97. The maximum Gasteiger partial charge on any atom is 0.276 e. The molecule has 12 heteroatoms. The Bertz CT molecular complexity index is 1690. The number of aliphatic hydroxyl groups is 1. The molecular formula is C33H35Cl2N7O3. The van der Waals surface area contributed by atoms with Crippen LogP contribution in [0.2, 0.25) is 10.0 Å². The maximum atomic E-state index is 13.4. The van der Waals surface area contributed by atoms with Gasteiger partial charge in [0.15, 0.2) is 5.69 Å². The monoisotopic (exact) mass is 647 g/mol. The van der Waals surface area contributed by atoms with Crippen LogP contribution >= 0.6 is 23.2 Å². The second-order valence-corrected chi connectivity index (χ2v) is 12.0. The maximum absolute atomic E-state index is 13.4. The topological polar surface area (TPSA) is 124 Å². The van der Waals surface area contributed by atoms with Crippen molar-refractivity contribution in [2.45, 2.75) is 44.8 Å². The van der Waals surface area contributed by atoms with E-state index in [9.17, 15) is 9.59 Å². The van der Waals surface area contributed by atoms with Crippen LogP contribution in [-0.2, 0) is 13.1 Å². The number of halogens is 2. The fourth-order valence-corrected chi connectivity index (χ4v) is 6.57. The molecule has 1 atom stereocenters. The lowest BCUT2D eigenvalue weighted by atomic mass is 10.0. The number of nitrogens with one attached hydrogen (secondary N) is 3. The van der Waals surface area contributed by atoms with Crippen LogP contribution in [0.25, 0.3) is 11.1 Å². The highest BCUT2D eigenvalue weighted by atomic mass is 35.5. The minimum atomic E-state index is -0.411. The molecule has 4 N–H and O–H groups in total. The molecule has 0 aliphatic carbocycles. The molecule has 2 amide bonds. The number of rotatable bonds is 10. The fourth-order valence-electron chi connectivity index (χ4n) is 6.02. The Morgan fingerprint density at radius 1 is 0.867 bits per heavy atom. The summed E-state index contributed by atoms with van der Waals surface area (Å²) in [5.41, 5.74) is 4.62. The Balaban J connectivity index is 1.17. The lowest BCUT2D eigenvalue weighted by Crippen LogP contribution is -2.30. The summed E-state index contributed by atoms with van der Waals surface area (Å²) in [6, 6.07) is 16.3. The van der Waals surface area contributed by atoms with E-state index in [0.29, 0.717) is 57.4 Å². The summed E-state index contributed by atoms with van der Waals surface area (Å²) in [6.07, 6.45) is 6.15. The van der Waals surface area contributed by atoms with Crippen molar-refractivity contribution in [1.82, 2.24) is 25.0 Å². The molecule has 1 fully saturated rings. The number of carbonyl (C=O) groups is 2. The summed E-state index contributed by atoms with van der Waals surface area (Å²) in [5.74, 6) is -0.739. The van der Waals surface area contributed by atoms with Crippen LogP contribution in [0, 0.1) is 0 Å². The highest BCUT2D eigenvalue weighted by molar-refractivity contribution is 6.40. The zero-order valence-corrected chi connectivity index (χ0v) is 26.2. The summed E-state index contributed by atoms with van der Waals surface area (Å²) >= 11 is 13.6. The number of likely N-dealkylation sites (tertiary alicyclic amines) is 1. The molecule has 10 nitrogen and oxygen atoms in total. The third-order valence-corrected chi connectivity index (χ3v) is 9.09. The number of pyridine rings is 1. The van der Waals surface area contributed by atoms with E-state index in [1.165, 1.54) is 12.8 Å². The van der Waals surface area contributed by atoms with Crippen LogP contribution in [0.3, 0.4) is 0 Å². The van der Waals surface area contributed by atoms with Crippen molar-refractivity contribution < 1.29 is 14.7 Å². The first-order valence-corrected chi connectivity index (χ1v) is 16.0. The van der Waals surface area contributed by atoms with E-state index < -0.39 is 5.91 Å². The molecule has 0 unspecified atom stereocenters. The van der Waals surface area contributed by atoms with Crippen molar-refractivity contribution in [2.24, 2.45) is 0 Å². The number of nitrogens with zero attached hydrogens (tertiary/aromatic N) is 4. The molecule has 6 rings (SSSR count). The quantitative estimate of drug-likeness (QED) is 0.161. The van der Waals surface area contributed by atoms with Gasteiger partial charge in [-0.2, -0.15) is 5.10 Å². The third-order valence-electron chi connectivity index (χ3n) is 8.27. The van der Waals surface area contributed by atoms with Gasteiger partial charge in [-0.1, -0.05) is 53.5 Å². The number of benzene rings is 2. The largest absolute Gasteiger partial charge is 0.395 e. The van der Waals surface area contributed by atoms with Gasteiger partial charge in [-0.25, -0.2) is 0 Å². The smallest absolute Gasteiger partial charge is 0.276 e. The normalized spacial score (nSPS) is 16.4. The molecule has 4 heterocycles. The van der Waals surface area contributed by atoms with Crippen molar-refractivity contribution in [3.8, 4) is 11.1 Å². The zero-order chi connectivity index (χ0) is 31.3. The van der Waals surface area contributed by atoms with Gasteiger partial charge in [0.2, 0.25) is 0 Å². The van der Waals surface area contributed by atoms with E-state index in [-0.39, 0.29) is 18.2 Å². The number of carbonyl (C=O) groups excluding carboxylic acids is 2. The molecule has 0 spiro atoms. The van der Waals surface area contributed by atoms with Gasteiger partial charge in [-0.15, -0.1) is 0 Å². The summed E-state index contributed by atoms with van der Waals surface area (Å²) in [7, 11) is 0. The van der Waals surface area contributed by atoms with E-state index in [0.717, 1.165) is 43.7 Å². The number of amides is 2. The molecule has 234 valence electrons. The van der Waals surface area contributed by atoms with Crippen LogP contribution in [-0.4, -0.2) is 62.8 Å². The zero-order valence-electron chi connectivity index (χ0n) is 24.7. The molecule has 45 heavy (non-hydrogen) atoms. The van der Waals surface area contributed by atoms with Gasteiger partial charge in [-0.3, -0.25) is 24.2 Å². The molecule has 2 aromatic carbocycles. The number of anilines is 2. The predicted molar refractivity (Wildman–Crippen MR) is 176 cm³/mol. The van der Waals surface area contributed by atoms with Crippen LogP contribution in [0.15, 0.2) is 60.8 Å². The van der Waals surface area contributed by atoms with Gasteiger partial charge in [0, 0.05) is 37.0 Å². The van der Waals surface area contributed by atoms with Gasteiger partial charge in [0.05, 0.1) is 39.8 Å². The minimum absolute atomic E-state index is 0.0459. The SMILES string of the molecule is O=C(Nc1cccc(-c2cccc(NC(=O)c3cc4n(n3)CCC[C@H]4N3CCCC3)c2Cl)c1Cl)c1ccc(CNCCO)cn1. The second-order valence-electron chi connectivity index (χ2n) is 11.3. The summed E-state index contributed by atoms with van der Waals surface area (Å²) in [6.45, 7) is 4.03. The number of hydrogen-bond donors (Lipinski definition) is 4. The molecule has 2 aromatic heterocycles. The average Bonchev–Trinajstić information content (AvgIpc) is 3.75. The lowest BCUT2D eigenvalue weighted by molar-refractivity contribution is 0.101. The van der Waals surface area contributed by atoms with Gasteiger partial charge in [0.25, 0.3) is 11.8 Å². The van der Waals surface area contributed by atoms with E-state index in [1.807, 2.05) is 16.8 Å². The first-order chi connectivity index (χ1) is 21.9. The van der Waals surface area contributed by atoms with Crippen molar-refractivity contribution >= 4 is 46.4 Å². The predicted octanol–water partition coefficient (Wildman–Crippen LogP) is 5.77. The van der Waals surface area contributed by atoms with Crippen molar-refractivity contribution in [3.63, 3.8) is 0 Å². The third kappa shape index (κ3) is 6.90. The van der Waals surface area contributed by atoms with E-state index in [4.69, 9.17) is 28.3 Å². The Morgan fingerprint density at radius 3 is 2.16 bits per heavy atom. The molecule has 0 bridgehead atoms. The van der Waals surface area contributed by atoms with Crippen molar-refractivity contribution in [1.29, 1.82) is 0 Å². The number of fused-ring (bicyclic) bond motifs is 1. The van der Waals surface area contributed by atoms with Gasteiger partial charge in [0.1, 0.15) is 5.69 Å². The summed E-state index contributed by atoms with van der Waals surface area (Å²) in [4.78, 5) is 33.1. The van der Waals surface area contributed by atoms with E-state index >= 15 is 0 Å². The Labute approximate surface area is 271 Å². The first kappa shape index (κ1) is 31.2. The van der Waals surface area contributed by atoms with E-state index in [1.54, 1.807) is 48.7 Å². The molecule has 2 aliphatic heterocycles. The highest BCUT2D eigenvalue weighted by Crippen LogP contribution is 2.40. The molecular weight excluding hydrogens is 613 g/mol. The standard InChI is InChI=1S/C33H35Cl2N7O3/c34-30-22(6-3-8-24(30)38-32(44)26-12-11-21(20-37-26)19-36-13-17-43)23-7-4-9-25(31(23)35)39-33(45)27-18-29-28(41-14-1-2-15-41)10-5-16-42(29)40-27/h3-4,6-9,11-12,18,20,28,36,43H,1-2,5,10,13-17,19H2,(H,38,44)(H,39,45)/t28-/m1/s1. The van der Waals surface area contributed by atoms with Gasteiger partial charge >= 0.3 is 0 Å². The summed E-state index contributed by atoms with van der Waals surface area (Å²) in [5, 5.41) is 23.0. The van der Waals surface area contributed by atoms with Gasteiger partial charge in [-0.05, 0) is 68.6 Å².